The van der Waals surface area contributed by atoms with Crippen LogP contribution in [0.25, 0.3) is 0 Å². The molecule has 0 fully saturated rings. The molecule has 0 atom stereocenters. The van der Waals surface area contributed by atoms with Crippen molar-refractivity contribution in [2.24, 2.45) is 0 Å². The Morgan fingerprint density at radius 3 is 1.80 bits per heavy atom. The van der Waals surface area contributed by atoms with Crippen molar-refractivity contribution in [2.45, 2.75) is 6.18 Å². The van der Waals surface area contributed by atoms with Crippen molar-refractivity contribution in [1.29, 1.82) is 0 Å². The quantitative estimate of drug-likeness (QED) is 0.484. The summed E-state index contributed by atoms with van der Waals surface area (Å²) in [6, 6.07) is 0. The molecule has 0 saturated carbocycles. The number of hydrogen-bond donors (Lipinski definition) is 0. The van der Waals surface area contributed by atoms with Gasteiger partial charge < -0.3 is 13.6 Å². The van der Waals surface area contributed by atoms with E-state index in [4.69, 9.17) is 9.05 Å². The van der Waals surface area contributed by atoms with Gasteiger partial charge in [-0.3, -0.25) is 0 Å². The van der Waals surface area contributed by atoms with Crippen LogP contribution in [0, 0.1) is 0 Å². The second-order valence-corrected chi connectivity index (χ2v) is 3.50. The van der Waals surface area contributed by atoms with Crippen LogP contribution >= 0.6 is 8.60 Å². The zero-order valence-corrected chi connectivity index (χ0v) is 8.89. The van der Waals surface area contributed by atoms with Crippen LogP contribution in [0.4, 0.5) is 13.2 Å². The van der Waals surface area contributed by atoms with Gasteiger partial charge in [-0.05, 0) is 0 Å². The number of hydrogen-bond acceptors (Lipinski definition) is 3. The lowest BCUT2D eigenvalue weighted by Gasteiger charge is -2.15. The van der Waals surface area contributed by atoms with Crippen LogP contribution in [0.1, 0.15) is 0 Å². The average Bonchev–Trinajstić information content (AvgIpc) is 2.15. The van der Waals surface area contributed by atoms with E-state index in [0.717, 1.165) is 0 Å². The molecule has 7 heteroatoms. The van der Waals surface area contributed by atoms with Crippen LogP contribution in [0.15, 0.2) is 25.3 Å². The SMILES string of the molecule is C=CCOP(OCC=C)OCC(F)(F)F. The van der Waals surface area contributed by atoms with Gasteiger partial charge in [0.05, 0.1) is 13.2 Å². The molecule has 0 aromatic rings. The molecule has 0 spiro atoms. The van der Waals surface area contributed by atoms with Gasteiger partial charge in [0.25, 0.3) is 0 Å². The molecule has 0 aromatic carbocycles. The molecule has 0 radical (unpaired) electrons. The summed E-state index contributed by atoms with van der Waals surface area (Å²) in [7, 11) is -2.00. The third kappa shape index (κ3) is 9.87. The Balaban J connectivity index is 3.88. The maximum absolute atomic E-state index is 11.8. The molecule has 0 N–H and O–H groups in total. The highest BCUT2D eigenvalue weighted by molar-refractivity contribution is 7.41. The smallest absolute Gasteiger partial charge is 0.308 e. The van der Waals surface area contributed by atoms with E-state index in [-0.39, 0.29) is 13.2 Å². The highest BCUT2D eigenvalue weighted by atomic mass is 31.2. The summed E-state index contributed by atoms with van der Waals surface area (Å²) >= 11 is 0. The maximum Gasteiger partial charge on any atom is 0.412 e. The minimum absolute atomic E-state index is 0.0701. The van der Waals surface area contributed by atoms with Crippen molar-refractivity contribution in [3.8, 4) is 0 Å². The van der Waals surface area contributed by atoms with Gasteiger partial charge in [-0.1, -0.05) is 12.2 Å². The summed E-state index contributed by atoms with van der Waals surface area (Å²) < 4.78 is 49.5. The van der Waals surface area contributed by atoms with Crippen LogP contribution in [0.2, 0.25) is 0 Å². The average molecular weight is 244 g/mol. The fraction of sp³-hybridized carbons (Fsp3) is 0.500. The highest BCUT2D eigenvalue weighted by Crippen LogP contribution is 2.40. The van der Waals surface area contributed by atoms with Gasteiger partial charge in [-0.2, -0.15) is 13.2 Å². The van der Waals surface area contributed by atoms with E-state index in [1.165, 1.54) is 12.2 Å². The fourth-order valence-electron chi connectivity index (χ4n) is 0.465. The van der Waals surface area contributed by atoms with E-state index in [2.05, 4.69) is 17.7 Å². The molecule has 88 valence electrons. The van der Waals surface area contributed by atoms with Gasteiger partial charge in [-0.15, -0.1) is 13.2 Å². The van der Waals surface area contributed by atoms with E-state index in [1.807, 2.05) is 0 Å². The van der Waals surface area contributed by atoms with Crippen LogP contribution in [0.5, 0.6) is 0 Å². The van der Waals surface area contributed by atoms with E-state index in [0.29, 0.717) is 0 Å². The third-order valence-corrected chi connectivity index (χ3v) is 1.99. The Morgan fingerprint density at radius 1 is 1.00 bits per heavy atom. The van der Waals surface area contributed by atoms with Crippen molar-refractivity contribution >= 4 is 8.60 Å². The number of alkyl halides is 3. The van der Waals surface area contributed by atoms with Crippen molar-refractivity contribution < 1.29 is 26.7 Å². The van der Waals surface area contributed by atoms with E-state index in [1.54, 1.807) is 0 Å². The topological polar surface area (TPSA) is 27.7 Å². The molecule has 3 nitrogen and oxygen atoms in total. The fourth-order valence-corrected chi connectivity index (χ4v) is 1.39. The monoisotopic (exact) mass is 244 g/mol. The summed E-state index contributed by atoms with van der Waals surface area (Å²) in [4.78, 5) is 0. The molecule has 0 aliphatic heterocycles. The Hall–Kier alpha value is -0.420. The molecule has 0 amide bonds. The van der Waals surface area contributed by atoms with E-state index >= 15 is 0 Å². The first-order valence-corrected chi connectivity index (χ1v) is 5.06. The van der Waals surface area contributed by atoms with Crippen LogP contribution in [0.3, 0.4) is 0 Å². The van der Waals surface area contributed by atoms with Gasteiger partial charge in [0.2, 0.25) is 0 Å². The van der Waals surface area contributed by atoms with Crippen LogP contribution in [-0.4, -0.2) is 26.0 Å². The lowest BCUT2D eigenvalue weighted by molar-refractivity contribution is -0.155. The van der Waals surface area contributed by atoms with Crippen LogP contribution in [-0.2, 0) is 13.6 Å². The predicted octanol–water partition coefficient (Wildman–Crippen LogP) is 3.20. The number of rotatable bonds is 8. The first-order chi connectivity index (χ1) is 6.99. The van der Waals surface area contributed by atoms with E-state index < -0.39 is 21.4 Å². The zero-order chi connectivity index (χ0) is 11.7. The molecule has 0 aliphatic carbocycles. The molecule has 0 heterocycles. The molecular weight excluding hydrogens is 232 g/mol. The first-order valence-electron chi connectivity index (χ1n) is 3.97. The molecule has 0 unspecified atom stereocenters. The summed E-state index contributed by atoms with van der Waals surface area (Å²) in [6.07, 6.45) is -1.61. The Bertz CT molecular complexity index is 184. The van der Waals surface area contributed by atoms with Gasteiger partial charge in [0.1, 0.15) is 0 Å². The van der Waals surface area contributed by atoms with Crippen molar-refractivity contribution in [2.75, 3.05) is 19.8 Å². The summed E-state index contributed by atoms with van der Waals surface area (Å²) in [5.41, 5.74) is 0. The van der Waals surface area contributed by atoms with Gasteiger partial charge in [-0.25, -0.2) is 0 Å². The summed E-state index contributed by atoms with van der Waals surface area (Å²) in [6.45, 7) is 5.45. The minimum Gasteiger partial charge on any atom is -0.308 e. The molecule has 0 aromatic heterocycles. The number of halogens is 3. The van der Waals surface area contributed by atoms with Crippen molar-refractivity contribution in [1.82, 2.24) is 0 Å². The predicted molar refractivity (Wildman–Crippen MR) is 51.2 cm³/mol. The molecule has 0 aliphatic rings. The molecule has 0 bridgehead atoms. The summed E-state index contributed by atoms with van der Waals surface area (Å²) in [5, 5.41) is 0. The highest BCUT2D eigenvalue weighted by Gasteiger charge is 2.30. The van der Waals surface area contributed by atoms with Crippen molar-refractivity contribution in [3.63, 3.8) is 0 Å². The Morgan fingerprint density at radius 2 is 1.47 bits per heavy atom. The van der Waals surface area contributed by atoms with Crippen LogP contribution < -0.4 is 0 Å². The third-order valence-electron chi connectivity index (χ3n) is 0.929. The second-order valence-electron chi connectivity index (χ2n) is 2.28. The normalized spacial score (nSPS) is 11.7. The standard InChI is InChI=1S/C8H12F3O3P/c1-3-5-12-15(13-6-4-2)14-7-8(9,10)11/h3-4H,1-2,5-7H2. The molecule has 15 heavy (non-hydrogen) atoms. The minimum atomic E-state index is -4.39. The first kappa shape index (κ1) is 14.6. The molecule has 0 rings (SSSR count). The van der Waals surface area contributed by atoms with Gasteiger partial charge in [0, 0.05) is 0 Å². The summed E-state index contributed by atoms with van der Waals surface area (Å²) in [5.74, 6) is 0. The zero-order valence-electron chi connectivity index (χ0n) is 8.00. The largest absolute Gasteiger partial charge is 0.412 e. The lowest BCUT2D eigenvalue weighted by atomic mass is 10.7. The Labute approximate surface area is 87.5 Å². The second kappa shape index (κ2) is 7.82. The molecule has 0 saturated heterocycles. The lowest BCUT2D eigenvalue weighted by Crippen LogP contribution is -2.16. The molecular formula is C8H12F3O3P. The van der Waals surface area contributed by atoms with Crippen molar-refractivity contribution in [3.05, 3.63) is 25.3 Å². The van der Waals surface area contributed by atoms with Gasteiger partial charge in [0.15, 0.2) is 6.61 Å². The van der Waals surface area contributed by atoms with Gasteiger partial charge >= 0.3 is 14.8 Å². The Kier molecular flexibility index (Phi) is 7.60. The maximum atomic E-state index is 11.8. The van der Waals surface area contributed by atoms with E-state index in [9.17, 15) is 13.2 Å².